The second kappa shape index (κ2) is 8.39. The summed E-state index contributed by atoms with van der Waals surface area (Å²) < 4.78 is 45.3. The Balaban J connectivity index is 1.63. The zero-order chi connectivity index (χ0) is 21.3. The van der Waals surface area contributed by atoms with Gasteiger partial charge in [-0.25, -0.2) is 0 Å². The van der Waals surface area contributed by atoms with Crippen molar-refractivity contribution in [3.05, 3.63) is 53.3 Å². The summed E-state index contributed by atoms with van der Waals surface area (Å²) in [5, 5.41) is 12.6. The number of fused-ring (bicyclic) bond motifs is 1. The molecule has 30 heavy (non-hydrogen) atoms. The van der Waals surface area contributed by atoms with Crippen molar-refractivity contribution in [3.8, 4) is 0 Å². The van der Waals surface area contributed by atoms with Crippen LogP contribution in [0.15, 0.2) is 41.6 Å². The summed E-state index contributed by atoms with van der Waals surface area (Å²) in [6.07, 6.45) is -0.0156. The quantitative estimate of drug-likeness (QED) is 0.580. The van der Waals surface area contributed by atoms with Gasteiger partial charge in [-0.2, -0.15) is 18.3 Å². The standard InChI is InChI=1S/C21H21F3N4OS/c1-12-16(4-3-5-18(12)21(22,23)24)13(2)27-20-17-8-15(30-14-6-7-29-11-14)9-25-19(17)10-26-28-20/h3-5,8-10,13-14H,6-7,11H2,1-2H3,(H,27,28)/t13-,14?/m1/s1. The molecule has 0 bridgehead atoms. The van der Waals surface area contributed by atoms with Gasteiger partial charge in [-0.15, -0.1) is 16.9 Å². The molecule has 1 N–H and O–H groups in total. The minimum Gasteiger partial charge on any atom is -0.380 e. The molecule has 3 heterocycles. The van der Waals surface area contributed by atoms with E-state index in [1.54, 1.807) is 30.2 Å². The molecule has 0 aliphatic carbocycles. The summed E-state index contributed by atoms with van der Waals surface area (Å²) in [4.78, 5) is 5.47. The molecule has 0 amide bonds. The Bertz CT molecular complexity index is 1050. The molecule has 2 atom stereocenters. The van der Waals surface area contributed by atoms with Crippen molar-refractivity contribution < 1.29 is 17.9 Å². The molecule has 0 radical (unpaired) electrons. The van der Waals surface area contributed by atoms with E-state index in [0.717, 1.165) is 29.4 Å². The van der Waals surface area contributed by atoms with Gasteiger partial charge in [0.1, 0.15) is 0 Å². The molecule has 2 aromatic heterocycles. The maximum Gasteiger partial charge on any atom is 0.416 e. The molecule has 1 aromatic carbocycles. The van der Waals surface area contributed by atoms with Gasteiger partial charge in [-0.1, -0.05) is 12.1 Å². The molecular formula is C21H21F3N4OS. The minimum atomic E-state index is -4.39. The van der Waals surface area contributed by atoms with Gasteiger partial charge in [-0.05, 0) is 43.5 Å². The van der Waals surface area contributed by atoms with Gasteiger partial charge in [0.05, 0.1) is 29.9 Å². The molecule has 1 aliphatic rings. The van der Waals surface area contributed by atoms with Crippen molar-refractivity contribution in [1.82, 2.24) is 15.2 Å². The lowest BCUT2D eigenvalue weighted by Gasteiger charge is -2.20. The molecule has 1 unspecified atom stereocenters. The van der Waals surface area contributed by atoms with E-state index in [0.29, 0.717) is 28.8 Å². The molecule has 1 fully saturated rings. The normalized spacial score (nSPS) is 18.0. The van der Waals surface area contributed by atoms with Gasteiger partial charge in [0, 0.05) is 28.3 Å². The smallest absolute Gasteiger partial charge is 0.380 e. The number of thioether (sulfide) groups is 1. The fourth-order valence-electron chi connectivity index (χ4n) is 3.63. The molecule has 9 heteroatoms. The number of anilines is 1. The number of ether oxygens (including phenoxy) is 1. The summed E-state index contributed by atoms with van der Waals surface area (Å²) >= 11 is 1.71. The second-order valence-corrected chi connectivity index (χ2v) is 8.66. The van der Waals surface area contributed by atoms with Crippen LogP contribution >= 0.6 is 11.8 Å². The minimum absolute atomic E-state index is 0.203. The van der Waals surface area contributed by atoms with E-state index in [-0.39, 0.29) is 5.56 Å². The SMILES string of the molecule is Cc1c([C@@H](C)Nc2nncc3ncc(SC4CCOC4)cc23)cccc1C(F)(F)F. The number of nitrogens with zero attached hydrogens (tertiary/aromatic N) is 3. The van der Waals surface area contributed by atoms with Crippen LogP contribution in [0.25, 0.3) is 10.9 Å². The van der Waals surface area contributed by atoms with E-state index in [1.165, 1.54) is 13.0 Å². The number of halogens is 3. The topological polar surface area (TPSA) is 59.9 Å². The molecule has 3 aromatic rings. The van der Waals surface area contributed by atoms with Crippen LogP contribution in [0.3, 0.4) is 0 Å². The first-order chi connectivity index (χ1) is 14.3. The van der Waals surface area contributed by atoms with E-state index < -0.39 is 17.8 Å². The Hall–Kier alpha value is -2.39. The second-order valence-electron chi connectivity index (χ2n) is 7.28. The number of hydrogen-bond acceptors (Lipinski definition) is 6. The van der Waals surface area contributed by atoms with Gasteiger partial charge < -0.3 is 10.1 Å². The first kappa shape index (κ1) is 20.9. The molecule has 4 rings (SSSR count). The Kier molecular flexibility index (Phi) is 5.84. The maximum absolute atomic E-state index is 13.3. The third-order valence-corrected chi connectivity index (χ3v) is 6.38. The van der Waals surface area contributed by atoms with Crippen molar-refractivity contribution in [2.75, 3.05) is 18.5 Å². The number of pyridine rings is 1. The van der Waals surface area contributed by atoms with Gasteiger partial charge in [0.25, 0.3) is 0 Å². The fraction of sp³-hybridized carbons (Fsp3) is 0.381. The highest BCUT2D eigenvalue weighted by Gasteiger charge is 2.33. The van der Waals surface area contributed by atoms with Crippen molar-refractivity contribution in [2.24, 2.45) is 0 Å². The van der Waals surface area contributed by atoms with Gasteiger partial charge in [0.2, 0.25) is 0 Å². The summed E-state index contributed by atoms with van der Waals surface area (Å²) in [6.45, 7) is 4.79. The van der Waals surface area contributed by atoms with Crippen molar-refractivity contribution in [1.29, 1.82) is 0 Å². The molecule has 158 valence electrons. The monoisotopic (exact) mass is 434 g/mol. The first-order valence-electron chi connectivity index (χ1n) is 9.62. The lowest BCUT2D eigenvalue weighted by molar-refractivity contribution is -0.138. The van der Waals surface area contributed by atoms with Crippen LogP contribution in [0, 0.1) is 6.92 Å². The predicted octanol–water partition coefficient (Wildman–Crippen LogP) is 5.41. The number of alkyl halides is 3. The lowest BCUT2D eigenvalue weighted by Crippen LogP contribution is -2.14. The van der Waals surface area contributed by atoms with E-state index in [4.69, 9.17) is 4.74 Å². The maximum atomic E-state index is 13.3. The van der Waals surface area contributed by atoms with E-state index in [1.807, 2.05) is 13.0 Å². The Morgan fingerprint density at radius 1 is 1.27 bits per heavy atom. The lowest BCUT2D eigenvalue weighted by atomic mass is 9.97. The van der Waals surface area contributed by atoms with Gasteiger partial charge >= 0.3 is 6.18 Å². The van der Waals surface area contributed by atoms with Crippen LogP contribution in [0.5, 0.6) is 0 Å². The average Bonchev–Trinajstić information content (AvgIpc) is 3.20. The molecule has 0 saturated carbocycles. The van der Waals surface area contributed by atoms with Crippen LogP contribution in [0.4, 0.5) is 19.0 Å². The molecule has 0 spiro atoms. The largest absolute Gasteiger partial charge is 0.416 e. The highest BCUT2D eigenvalue weighted by atomic mass is 32.2. The number of rotatable bonds is 5. The third kappa shape index (κ3) is 4.37. The third-order valence-electron chi connectivity index (χ3n) is 5.18. The predicted molar refractivity (Wildman–Crippen MR) is 111 cm³/mol. The zero-order valence-electron chi connectivity index (χ0n) is 16.5. The van der Waals surface area contributed by atoms with Crippen molar-refractivity contribution in [2.45, 2.75) is 42.6 Å². The van der Waals surface area contributed by atoms with E-state index in [2.05, 4.69) is 20.5 Å². The Morgan fingerprint density at radius 2 is 2.10 bits per heavy atom. The number of hydrogen-bond donors (Lipinski definition) is 1. The number of aromatic nitrogens is 3. The van der Waals surface area contributed by atoms with Crippen molar-refractivity contribution in [3.63, 3.8) is 0 Å². The van der Waals surface area contributed by atoms with Crippen molar-refractivity contribution >= 4 is 28.5 Å². The zero-order valence-corrected chi connectivity index (χ0v) is 17.3. The van der Waals surface area contributed by atoms with Crippen LogP contribution in [0.2, 0.25) is 0 Å². The first-order valence-corrected chi connectivity index (χ1v) is 10.5. The molecule has 5 nitrogen and oxygen atoms in total. The van der Waals surface area contributed by atoms with Gasteiger partial charge in [-0.3, -0.25) is 4.98 Å². The summed E-state index contributed by atoms with van der Waals surface area (Å²) in [5.74, 6) is 0.495. The molecule has 1 saturated heterocycles. The summed E-state index contributed by atoms with van der Waals surface area (Å²) in [5.41, 5.74) is 0.809. The highest BCUT2D eigenvalue weighted by Crippen LogP contribution is 2.36. The summed E-state index contributed by atoms with van der Waals surface area (Å²) in [7, 11) is 0. The molecule has 1 aliphatic heterocycles. The van der Waals surface area contributed by atoms with Crippen LogP contribution in [0.1, 0.15) is 36.1 Å². The highest BCUT2D eigenvalue weighted by molar-refractivity contribution is 8.00. The Labute approximate surface area is 176 Å². The van der Waals surface area contributed by atoms with Crippen LogP contribution in [-0.4, -0.2) is 33.6 Å². The fourth-order valence-corrected chi connectivity index (χ4v) is 4.69. The Morgan fingerprint density at radius 3 is 2.83 bits per heavy atom. The molecular weight excluding hydrogens is 413 g/mol. The number of nitrogens with one attached hydrogen (secondary N) is 1. The average molecular weight is 434 g/mol. The van der Waals surface area contributed by atoms with Crippen LogP contribution < -0.4 is 5.32 Å². The van der Waals surface area contributed by atoms with E-state index in [9.17, 15) is 13.2 Å². The van der Waals surface area contributed by atoms with Crippen LogP contribution in [-0.2, 0) is 10.9 Å². The van der Waals surface area contributed by atoms with E-state index >= 15 is 0 Å². The van der Waals surface area contributed by atoms with Gasteiger partial charge in [0.15, 0.2) is 5.82 Å². The summed E-state index contributed by atoms with van der Waals surface area (Å²) in [6, 6.07) is 5.82. The number of benzene rings is 1.